The maximum atomic E-state index is 11.9. The number of halogens is 1. The van der Waals surface area contributed by atoms with E-state index in [-0.39, 0.29) is 17.7 Å². The number of fused-ring (bicyclic) bond motifs is 3. The Morgan fingerprint density at radius 1 is 1.31 bits per heavy atom. The van der Waals surface area contributed by atoms with Crippen LogP contribution in [0.15, 0.2) is 18.2 Å². The van der Waals surface area contributed by atoms with E-state index in [0.29, 0.717) is 5.02 Å². The van der Waals surface area contributed by atoms with Gasteiger partial charge in [-0.05, 0) is 24.6 Å². The molecule has 2 aliphatic rings. The molecule has 0 saturated carbocycles. The van der Waals surface area contributed by atoms with Crippen LogP contribution in [0.2, 0.25) is 5.02 Å². The number of nitrogens with one attached hydrogen (secondary N) is 2. The van der Waals surface area contributed by atoms with Gasteiger partial charge in [-0.2, -0.15) is 0 Å². The van der Waals surface area contributed by atoms with Gasteiger partial charge in [-0.3, -0.25) is 4.79 Å². The fourth-order valence-corrected chi connectivity index (χ4v) is 2.93. The third-order valence-corrected chi connectivity index (χ3v) is 3.83. The van der Waals surface area contributed by atoms with Crippen molar-refractivity contribution in [2.24, 2.45) is 5.92 Å². The predicted octanol–water partition coefficient (Wildman–Crippen LogP) is 1.99. The highest BCUT2D eigenvalue weighted by Crippen LogP contribution is 2.41. The molecule has 84 valence electrons. The number of benzene rings is 1. The van der Waals surface area contributed by atoms with Crippen LogP contribution < -0.4 is 10.6 Å². The van der Waals surface area contributed by atoms with E-state index in [0.717, 1.165) is 25.2 Å². The van der Waals surface area contributed by atoms with Gasteiger partial charge in [0.2, 0.25) is 5.91 Å². The lowest BCUT2D eigenvalue weighted by Gasteiger charge is -2.36. The largest absolute Gasteiger partial charge is 0.324 e. The van der Waals surface area contributed by atoms with Crippen molar-refractivity contribution in [1.82, 2.24) is 5.32 Å². The topological polar surface area (TPSA) is 41.1 Å². The molecule has 2 heterocycles. The summed E-state index contributed by atoms with van der Waals surface area (Å²) in [4.78, 5) is 11.9. The molecule has 1 saturated heterocycles. The number of carbonyl (C=O) groups excluding carboxylic acids is 1. The van der Waals surface area contributed by atoms with Crippen LogP contribution in [-0.2, 0) is 4.79 Å². The van der Waals surface area contributed by atoms with Crippen LogP contribution in [0.25, 0.3) is 0 Å². The SMILES string of the molecule is O=C1Nc2c(Cl)cccc2C2CNCCC12. The number of para-hydroxylation sites is 1. The Bertz CT molecular complexity index is 447. The Kier molecular flexibility index (Phi) is 2.37. The number of hydrogen-bond acceptors (Lipinski definition) is 2. The first-order valence-corrected chi connectivity index (χ1v) is 5.95. The molecule has 2 atom stereocenters. The van der Waals surface area contributed by atoms with Crippen LogP contribution in [0, 0.1) is 5.92 Å². The van der Waals surface area contributed by atoms with Crippen LogP contribution in [0.5, 0.6) is 0 Å². The van der Waals surface area contributed by atoms with Crippen molar-refractivity contribution in [1.29, 1.82) is 0 Å². The number of anilines is 1. The van der Waals surface area contributed by atoms with E-state index in [2.05, 4.69) is 16.7 Å². The minimum atomic E-state index is 0.104. The molecule has 0 aromatic heterocycles. The second kappa shape index (κ2) is 3.75. The van der Waals surface area contributed by atoms with E-state index in [1.165, 1.54) is 5.56 Å². The molecule has 1 fully saturated rings. The predicted molar refractivity (Wildman–Crippen MR) is 63.8 cm³/mol. The third kappa shape index (κ3) is 1.43. The molecule has 2 unspecified atom stereocenters. The summed E-state index contributed by atoms with van der Waals surface area (Å²) in [6, 6.07) is 5.83. The van der Waals surface area contributed by atoms with Gasteiger partial charge in [0.25, 0.3) is 0 Å². The minimum absolute atomic E-state index is 0.104. The van der Waals surface area contributed by atoms with Crippen LogP contribution in [0.1, 0.15) is 17.9 Å². The molecule has 1 aromatic carbocycles. The molecule has 3 rings (SSSR count). The quantitative estimate of drug-likeness (QED) is 0.723. The highest BCUT2D eigenvalue weighted by Gasteiger charge is 2.37. The summed E-state index contributed by atoms with van der Waals surface area (Å²) in [5.74, 6) is 0.496. The summed E-state index contributed by atoms with van der Waals surface area (Å²) in [5.41, 5.74) is 1.98. The molecular weight excluding hydrogens is 224 g/mol. The summed E-state index contributed by atoms with van der Waals surface area (Å²) in [5, 5.41) is 6.90. The number of carbonyl (C=O) groups is 1. The van der Waals surface area contributed by atoms with E-state index in [9.17, 15) is 4.79 Å². The van der Waals surface area contributed by atoms with Gasteiger partial charge in [0.15, 0.2) is 0 Å². The number of piperidine rings is 1. The van der Waals surface area contributed by atoms with Crippen LogP contribution >= 0.6 is 11.6 Å². The summed E-state index contributed by atoms with van der Waals surface area (Å²) >= 11 is 6.10. The lowest BCUT2D eigenvalue weighted by Crippen LogP contribution is -2.44. The highest BCUT2D eigenvalue weighted by molar-refractivity contribution is 6.34. The summed E-state index contributed by atoms with van der Waals surface area (Å²) in [6.45, 7) is 1.79. The van der Waals surface area contributed by atoms with Gasteiger partial charge < -0.3 is 10.6 Å². The zero-order valence-corrected chi connectivity index (χ0v) is 9.55. The van der Waals surface area contributed by atoms with Crippen molar-refractivity contribution in [3.63, 3.8) is 0 Å². The van der Waals surface area contributed by atoms with Crippen molar-refractivity contribution in [2.45, 2.75) is 12.3 Å². The first kappa shape index (κ1) is 10.1. The third-order valence-electron chi connectivity index (χ3n) is 3.51. The fourth-order valence-electron chi connectivity index (χ4n) is 2.70. The molecule has 0 aliphatic carbocycles. The number of amides is 1. The van der Waals surface area contributed by atoms with Crippen LogP contribution in [0.3, 0.4) is 0 Å². The first-order chi connectivity index (χ1) is 7.77. The number of hydrogen-bond donors (Lipinski definition) is 2. The molecule has 3 nitrogen and oxygen atoms in total. The highest BCUT2D eigenvalue weighted by atomic mass is 35.5. The van der Waals surface area contributed by atoms with Crippen molar-refractivity contribution >= 4 is 23.2 Å². The summed E-state index contributed by atoms with van der Waals surface area (Å²) < 4.78 is 0. The van der Waals surface area contributed by atoms with Crippen molar-refractivity contribution < 1.29 is 4.79 Å². The molecule has 2 N–H and O–H groups in total. The fraction of sp³-hybridized carbons (Fsp3) is 0.417. The average molecular weight is 237 g/mol. The van der Waals surface area contributed by atoms with Crippen molar-refractivity contribution in [3.8, 4) is 0 Å². The van der Waals surface area contributed by atoms with Gasteiger partial charge in [0, 0.05) is 18.4 Å². The molecular formula is C12H13ClN2O. The standard InChI is InChI=1S/C12H13ClN2O/c13-10-3-1-2-7-9-6-14-5-4-8(9)12(16)15-11(7)10/h1-3,8-9,14H,4-6H2,(H,15,16). The molecule has 2 aliphatic heterocycles. The zero-order chi connectivity index (χ0) is 11.1. The van der Waals surface area contributed by atoms with E-state index in [1.54, 1.807) is 0 Å². The van der Waals surface area contributed by atoms with Crippen LogP contribution in [0.4, 0.5) is 5.69 Å². The minimum Gasteiger partial charge on any atom is -0.324 e. The Morgan fingerprint density at radius 2 is 2.19 bits per heavy atom. The maximum Gasteiger partial charge on any atom is 0.228 e. The monoisotopic (exact) mass is 236 g/mol. The van der Waals surface area contributed by atoms with E-state index in [4.69, 9.17) is 11.6 Å². The lowest BCUT2D eigenvalue weighted by atomic mass is 9.78. The van der Waals surface area contributed by atoms with E-state index in [1.807, 2.05) is 12.1 Å². The Hall–Kier alpha value is -1.06. The summed E-state index contributed by atoms with van der Waals surface area (Å²) in [6.07, 6.45) is 0.905. The van der Waals surface area contributed by atoms with E-state index >= 15 is 0 Å². The second-order valence-electron chi connectivity index (χ2n) is 4.40. The molecule has 0 radical (unpaired) electrons. The van der Waals surface area contributed by atoms with E-state index < -0.39 is 0 Å². The van der Waals surface area contributed by atoms with Gasteiger partial charge >= 0.3 is 0 Å². The van der Waals surface area contributed by atoms with Gasteiger partial charge in [-0.25, -0.2) is 0 Å². The second-order valence-corrected chi connectivity index (χ2v) is 4.81. The Labute approximate surface area is 99.2 Å². The normalized spacial score (nSPS) is 27.9. The average Bonchev–Trinajstić information content (AvgIpc) is 2.31. The van der Waals surface area contributed by atoms with Crippen molar-refractivity contribution in [2.75, 3.05) is 18.4 Å². The molecule has 1 amide bonds. The maximum absolute atomic E-state index is 11.9. The Morgan fingerprint density at radius 3 is 3.06 bits per heavy atom. The van der Waals surface area contributed by atoms with Gasteiger partial charge in [0.05, 0.1) is 10.7 Å². The summed E-state index contributed by atoms with van der Waals surface area (Å²) in [7, 11) is 0. The lowest BCUT2D eigenvalue weighted by molar-refractivity contribution is -0.121. The van der Waals surface area contributed by atoms with Crippen LogP contribution in [-0.4, -0.2) is 19.0 Å². The molecule has 16 heavy (non-hydrogen) atoms. The Balaban J connectivity index is 2.10. The zero-order valence-electron chi connectivity index (χ0n) is 8.79. The van der Waals surface area contributed by atoms with Gasteiger partial charge in [0.1, 0.15) is 0 Å². The molecule has 0 spiro atoms. The van der Waals surface area contributed by atoms with Gasteiger partial charge in [-0.15, -0.1) is 0 Å². The smallest absolute Gasteiger partial charge is 0.228 e. The number of rotatable bonds is 0. The van der Waals surface area contributed by atoms with Crippen molar-refractivity contribution in [3.05, 3.63) is 28.8 Å². The molecule has 1 aromatic rings. The van der Waals surface area contributed by atoms with Gasteiger partial charge in [-0.1, -0.05) is 23.7 Å². The first-order valence-electron chi connectivity index (χ1n) is 5.57. The molecule has 0 bridgehead atoms. The molecule has 4 heteroatoms.